The highest BCUT2D eigenvalue weighted by molar-refractivity contribution is 4.58. The molecular weight excluding hydrogens is 162 g/mol. The van der Waals surface area contributed by atoms with Crippen LogP contribution in [0.15, 0.2) is 0 Å². The normalized spacial score (nSPS) is 11.5. The van der Waals surface area contributed by atoms with Crippen molar-refractivity contribution in [2.24, 2.45) is 5.73 Å². The van der Waals surface area contributed by atoms with E-state index in [1.807, 2.05) is 6.92 Å². The van der Waals surface area contributed by atoms with E-state index in [9.17, 15) is 8.78 Å². The lowest BCUT2D eigenvalue weighted by molar-refractivity contribution is 0.0879. The highest BCUT2D eigenvalue weighted by Gasteiger charge is 2.09. The van der Waals surface area contributed by atoms with Gasteiger partial charge in [-0.15, -0.1) is 0 Å². The molecule has 0 aliphatic heterocycles. The Hall–Kier alpha value is -0.220. The van der Waals surface area contributed by atoms with Crippen LogP contribution in [0.4, 0.5) is 8.78 Å². The smallest absolute Gasteiger partial charge is 0.251 e. The molecular formula is C8H18F2N2. The van der Waals surface area contributed by atoms with E-state index in [-0.39, 0.29) is 6.54 Å². The van der Waals surface area contributed by atoms with E-state index in [4.69, 9.17) is 5.73 Å². The van der Waals surface area contributed by atoms with Crippen LogP contribution in [-0.2, 0) is 0 Å². The van der Waals surface area contributed by atoms with E-state index in [1.165, 1.54) is 0 Å². The van der Waals surface area contributed by atoms with Gasteiger partial charge >= 0.3 is 0 Å². The van der Waals surface area contributed by atoms with E-state index >= 15 is 0 Å². The summed E-state index contributed by atoms with van der Waals surface area (Å²) in [5.41, 5.74) is 5.29. The van der Waals surface area contributed by atoms with Gasteiger partial charge < -0.3 is 5.73 Å². The lowest BCUT2D eigenvalue weighted by atomic mass is 10.3. The number of rotatable bonds is 7. The zero-order valence-electron chi connectivity index (χ0n) is 7.60. The minimum Gasteiger partial charge on any atom is -0.330 e. The van der Waals surface area contributed by atoms with Crippen LogP contribution < -0.4 is 5.73 Å². The standard InChI is InChI=1S/C8H18F2N2/c1-2-5-12(6-3-4-11)7-8(9)10/h8H,2-7,11H2,1H3. The van der Waals surface area contributed by atoms with Gasteiger partial charge in [0.25, 0.3) is 6.43 Å². The molecule has 74 valence electrons. The molecule has 0 bridgehead atoms. The summed E-state index contributed by atoms with van der Waals surface area (Å²) in [6.45, 7) is 3.87. The summed E-state index contributed by atoms with van der Waals surface area (Å²) in [6.07, 6.45) is -0.515. The summed E-state index contributed by atoms with van der Waals surface area (Å²) in [4.78, 5) is 1.76. The molecule has 0 rings (SSSR count). The number of hydrogen-bond acceptors (Lipinski definition) is 2. The Kier molecular flexibility index (Phi) is 7.29. The van der Waals surface area contributed by atoms with Crippen LogP contribution in [0, 0.1) is 0 Å². The molecule has 0 aliphatic rings. The number of nitrogens with two attached hydrogens (primary N) is 1. The van der Waals surface area contributed by atoms with Gasteiger partial charge in [0.15, 0.2) is 0 Å². The number of nitrogens with zero attached hydrogens (tertiary/aromatic N) is 1. The van der Waals surface area contributed by atoms with Gasteiger partial charge in [-0.2, -0.15) is 0 Å². The molecule has 0 aromatic rings. The fourth-order valence-corrected chi connectivity index (χ4v) is 1.12. The van der Waals surface area contributed by atoms with E-state index in [0.29, 0.717) is 13.1 Å². The summed E-state index contributed by atoms with van der Waals surface area (Å²) in [6, 6.07) is 0. The minimum atomic E-state index is -2.23. The second kappa shape index (κ2) is 7.43. The molecule has 0 saturated heterocycles. The fourth-order valence-electron chi connectivity index (χ4n) is 1.12. The largest absolute Gasteiger partial charge is 0.330 e. The van der Waals surface area contributed by atoms with Crippen LogP contribution in [0.3, 0.4) is 0 Å². The van der Waals surface area contributed by atoms with E-state index in [1.54, 1.807) is 4.90 Å². The molecule has 0 aliphatic carbocycles. The Morgan fingerprint density at radius 1 is 1.33 bits per heavy atom. The van der Waals surface area contributed by atoms with Gasteiger partial charge in [0, 0.05) is 0 Å². The third-order valence-electron chi connectivity index (χ3n) is 1.61. The summed E-state index contributed by atoms with van der Waals surface area (Å²) in [5, 5.41) is 0. The van der Waals surface area contributed by atoms with Crippen LogP contribution in [0.5, 0.6) is 0 Å². The zero-order valence-corrected chi connectivity index (χ0v) is 7.60. The summed E-state index contributed by atoms with van der Waals surface area (Å²) >= 11 is 0. The van der Waals surface area contributed by atoms with Gasteiger partial charge in [-0.1, -0.05) is 6.92 Å². The van der Waals surface area contributed by atoms with Gasteiger partial charge in [0.2, 0.25) is 0 Å². The van der Waals surface area contributed by atoms with Crippen molar-refractivity contribution in [3.8, 4) is 0 Å². The predicted octanol–water partition coefficient (Wildman–Crippen LogP) is 1.31. The first-order valence-corrected chi connectivity index (χ1v) is 4.41. The average molecular weight is 180 g/mol. The van der Waals surface area contributed by atoms with Gasteiger partial charge in [-0.3, -0.25) is 4.90 Å². The Balaban J connectivity index is 3.54. The molecule has 2 N–H and O–H groups in total. The van der Waals surface area contributed by atoms with Gasteiger partial charge in [-0.05, 0) is 32.5 Å². The molecule has 0 fully saturated rings. The van der Waals surface area contributed by atoms with Crippen molar-refractivity contribution in [1.29, 1.82) is 0 Å². The summed E-state index contributed by atoms with van der Waals surface area (Å²) in [5.74, 6) is 0. The third-order valence-corrected chi connectivity index (χ3v) is 1.61. The number of halogens is 2. The van der Waals surface area contributed by atoms with Crippen molar-refractivity contribution in [2.75, 3.05) is 26.2 Å². The molecule has 0 amide bonds. The molecule has 12 heavy (non-hydrogen) atoms. The zero-order chi connectivity index (χ0) is 9.40. The Morgan fingerprint density at radius 2 is 2.00 bits per heavy atom. The highest BCUT2D eigenvalue weighted by atomic mass is 19.3. The van der Waals surface area contributed by atoms with E-state index < -0.39 is 6.43 Å². The Morgan fingerprint density at radius 3 is 2.42 bits per heavy atom. The molecule has 0 saturated carbocycles. The maximum atomic E-state index is 12.0. The van der Waals surface area contributed by atoms with Gasteiger partial charge in [-0.25, -0.2) is 8.78 Å². The molecule has 0 unspecified atom stereocenters. The molecule has 0 heterocycles. The van der Waals surface area contributed by atoms with Crippen molar-refractivity contribution in [1.82, 2.24) is 4.90 Å². The van der Waals surface area contributed by atoms with Gasteiger partial charge in [0.05, 0.1) is 6.54 Å². The second-order valence-electron chi connectivity index (χ2n) is 2.83. The van der Waals surface area contributed by atoms with Crippen LogP contribution >= 0.6 is 0 Å². The predicted molar refractivity (Wildman–Crippen MR) is 46.4 cm³/mol. The van der Waals surface area contributed by atoms with Crippen LogP contribution in [-0.4, -0.2) is 37.5 Å². The second-order valence-corrected chi connectivity index (χ2v) is 2.83. The molecule has 0 radical (unpaired) electrons. The molecule has 4 heteroatoms. The van der Waals surface area contributed by atoms with E-state index in [2.05, 4.69) is 0 Å². The number of hydrogen-bond donors (Lipinski definition) is 1. The van der Waals surface area contributed by atoms with E-state index in [0.717, 1.165) is 19.4 Å². The first-order valence-electron chi connectivity index (χ1n) is 4.41. The first kappa shape index (κ1) is 11.8. The maximum absolute atomic E-state index is 12.0. The summed E-state index contributed by atoms with van der Waals surface area (Å²) < 4.78 is 23.9. The topological polar surface area (TPSA) is 29.3 Å². The Labute approximate surface area is 72.7 Å². The van der Waals surface area contributed by atoms with Gasteiger partial charge in [0.1, 0.15) is 0 Å². The molecule has 2 nitrogen and oxygen atoms in total. The number of alkyl halides is 2. The highest BCUT2D eigenvalue weighted by Crippen LogP contribution is 2.00. The van der Waals surface area contributed by atoms with Crippen molar-refractivity contribution in [3.63, 3.8) is 0 Å². The lowest BCUT2D eigenvalue weighted by Gasteiger charge is -2.20. The fraction of sp³-hybridized carbons (Fsp3) is 1.00. The molecule has 0 spiro atoms. The molecule has 0 atom stereocenters. The van der Waals surface area contributed by atoms with Crippen LogP contribution in [0.1, 0.15) is 19.8 Å². The third kappa shape index (κ3) is 6.49. The quantitative estimate of drug-likeness (QED) is 0.640. The van der Waals surface area contributed by atoms with Crippen molar-refractivity contribution in [3.05, 3.63) is 0 Å². The Bertz CT molecular complexity index is 99.1. The van der Waals surface area contributed by atoms with Crippen molar-refractivity contribution in [2.45, 2.75) is 26.2 Å². The monoisotopic (exact) mass is 180 g/mol. The SMILES string of the molecule is CCCN(CCCN)CC(F)F. The average Bonchev–Trinajstić information content (AvgIpc) is 2.00. The lowest BCUT2D eigenvalue weighted by Crippen LogP contribution is -2.31. The maximum Gasteiger partial charge on any atom is 0.251 e. The molecule has 0 aromatic carbocycles. The van der Waals surface area contributed by atoms with Crippen LogP contribution in [0.2, 0.25) is 0 Å². The first-order chi connectivity index (χ1) is 5.70. The molecule has 0 aromatic heterocycles. The van der Waals surface area contributed by atoms with Crippen molar-refractivity contribution >= 4 is 0 Å². The van der Waals surface area contributed by atoms with Crippen molar-refractivity contribution < 1.29 is 8.78 Å². The van der Waals surface area contributed by atoms with Crippen LogP contribution in [0.25, 0.3) is 0 Å². The minimum absolute atomic E-state index is 0.117. The summed E-state index contributed by atoms with van der Waals surface area (Å²) in [7, 11) is 0.